The summed E-state index contributed by atoms with van der Waals surface area (Å²) in [5.74, 6) is 1.54. The average Bonchev–Trinajstić information content (AvgIpc) is 3.04. The summed E-state index contributed by atoms with van der Waals surface area (Å²) >= 11 is 0. The van der Waals surface area contributed by atoms with Crippen LogP contribution in [0.2, 0.25) is 0 Å². The Morgan fingerprint density at radius 3 is 2.57 bits per heavy atom. The van der Waals surface area contributed by atoms with Gasteiger partial charge in [0.05, 0.1) is 12.6 Å². The Balaban J connectivity index is 0.00000280. The molecule has 1 atom stereocenters. The van der Waals surface area contributed by atoms with Crippen molar-refractivity contribution < 1.29 is 9.53 Å². The second kappa shape index (κ2) is 9.33. The molecule has 0 radical (unpaired) electrons. The molecule has 1 unspecified atom stereocenters. The number of ether oxygens (including phenoxy) is 1. The van der Waals surface area contributed by atoms with E-state index in [0.717, 1.165) is 30.6 Å². The second-order valence-corrected chi connectivity index (χ2v) is 8.65. The monoisotopic (exact) mass is 500 g/mol. The van der Waals surface area contributed by atoms with Crippen LogP contribution in [0.1, 0.15) is 64.5 Å². The molecule has 0 bridgehead atoms. The minimum atomic E-state index is -0.246. The molecular weight excluding hydrogens is 467 g/mol. The number of halogens is 1. The van der Waals surface area contributed by atoms with Crippen molar-refractivity contribution in [1.82, 2.24) is 16.0 Å². The highest BCUT2D eigenvalue weighted by Crippen LogP contribution is 2.46. The van der Waals surface area contributed by atoms with Crippen molar-refractivity contribution in [2.75, 3.05) is 13.6 Å². The smallest absolute Gasteiger partial charge is 0.239 e. The standard InChI is InChI=1S/C21H32N4O2.HI/c1-20(2,3)25-18(26)14-23-19(22-4)24-16-13-21(11-7-8-12-21)27-17-10-6-5-9-15(16)17;/h5-6,9-10,16H,7-8,11-14H2,1-4H3,(H,25,26)(H2,22,23,24);1H. The molecule has 1 saturated carbocycles. The lowest BCUT2D eigenvalue weighted by molar-refractivity contribution is -0.121. The number of guanidine groups is 1. The minimum absolute atomic E-state index is 0. The van der Waals surface area contributed by atoms with Gasteiger partial charge in [-0.25, -0.2) is 0 Å². The molecule has 3 N–H and O–H groups in total. The van der Waals surface area contributed by atoms with E-state index in [1.165, 1.54) is 12.8 Å². The highest BCUT2D eigenvalue weighted by atomic mass is 127. The molecule has 1 fully saturated rings. The third-order valence-corrected chi connectivity index (χ3v) is 5.18. The van der Waals surface area contributed by atoms with Gasteiger partial charge in [0.15, 0.2) is 5.96 Å². The summed E-state index contributed by atoms with van der Waals surface area (Å²) in [6.07, 6.45) is 5.54. The quantitative estimate of drug-likeness (QED) is 0.338. The summed E-state index contributed by atoms with van der Waals surface area (Å²) < 4.78 is 6.41. The number of benzene rings is 1. The number of carbonyl (C=O) groups excluding carboxylic acids is 1. The molecule has 28 heavy (non-hydrogen) atoms. The third-order valence-electron chi connectivity index (χ3n) is 5.18. The van der Waals surface area contributed by atoms with Gasteiger partial charge in [0.1, 0.15) is 11.4 Å². The molecule has 0 saturated heterocycles. The summed E-state index contributed by atoms with van der Waals surface area (Å²) in [4.78, 5) is 16.4. The lowest BCUT2D eigenvalue weighted by Crippen LogP contribution is -2.50. The van der Waals surface area contributed by atoms with Crippen LogP contribution in [0.25, 0.3) is 0 Å². The van der Waals surface area contributed by atoms with Crippen LogP contribution in [0.15, 0.2) is 29.3 Å². The van der Waals surface area contributed by atoms with Crippen molar-refractivity contribution in [3.05, 3.63) is 29.8 Å². The van der Waals surface area contributed by atoms with E-state index in [-0.39, 0.29) is 53.6 Å². The number of fused-ring (bicyclic) bond motifs is 1. The highest BCUT2D eigenvalue weighted by molar-refractivity contribution is 14.0. The van der Waals surface area contributed by atoms with Crippen molar-refractivity contribution in [3.8, 4) is 5.75 Å². The van der Waals surface area contributed by atoms with Crippen molar-refractivity contribution in [3.63, 3.8) is 0 Å². The van der Waals surface area contributed by atoms with Gasteiger partial charge in [-0.15, -0.1) is 24.0 Å². The zero-order valence-electron chi connectivity index (χ0n) is 17.3. The van der Waals surface area contributed by atoms with E-state index >= 15 is 0 Å². The molecule has 3 rings (SSSR count). The van der Waals surface area contributed by atoms with Crippen LogP contribution >= 0.6 is 24.0 Å². The molecule has 1 aromatic rings. The Bertz CT molecular complexity index is 709. The van der Waals surface area contributed by atoms with Gasteiger partial charge < -0.3 is 20.7 Å². The number of aliphatic imine (C=N–C) groups is 1. The zero-order valence-corrected chi connectivity index (χ0v) is 19.6. The maximum atomic E-state index is 12.1. The Hall–Kier alpha value is -1.51. The van der Waals surface area contributed by atoms with Gasteiger partial charge >= 0.3 is 0 Å². The fraction of sp³-hybridized carbons (Fsp3) is 0.619. The van der Waals surface area contributed by atoms with Crippen molar-refractivity contribution in [2.24, 2.45) is 4.99 Å². The number of hydrogen-bond acceptors (Lipinski definition) is 3. The molecule has 1 amide bonds. The number of para-hydroxylation sites is 1. The van der Waals surface area contributed by atoms with E-state index in [9.17, 15) is 4.79 Å². The number of hydrogen-bond donors (Lipinski definition) is 3. The lowest BCUT2D eigenvalue weighted by atomic mass is 9.86. The molecule has 2 aliphatic rings. The SMILES string of the molecule is CN=C(NCC(=O)NC(C)(C)C)NC1CC2(CCCC2)Oc2ccccc21.I. The van der Waals surface area contributed by atoms with Gasteiger partial charge in [-0.05, 0) is 52.5 Å². The van der Waals surface area contributed by atoms with Crippen LogP contribution in [0.5, 0.6) is 5.75 Å². The third kappa shape index (κ3) is 5.75. The predicted molar refractivity (Wildman–Crippen MR) is 123 cm³/mol. The molecular formula is C21H33IN4O2. The Morgan fingerprint density at radius 1 is 1.25 bits per heavy atom. The van der Waals surface area contributed by atoms with Gasteiger partial charge in [-0.2, -0.15) is 0 Å². The molecule has 7 heteroatoms. The molecule has 1 aromatic carbocycles. The topological polar surface area (TPSA) is 74.8 Å². The van der Waals surface area contributed by atoms with E-state index in [1.807, 2.05) is 32.9 Å². The van der Waals surface area contributed by atoms with Gasteiger partial charge in [0.2, 0.25) is 5.91 Å². The molecule has 1 spiro atoms. The summed E-state index contributed by atoms with van der Waals surface area (Å²) in [5, 5.41) is 9.60. The van der Waals surface area contributed by atoms with Crippen LogP contribution < -0.4 is 20.7 Å². The van der Waals surface area contributed by atoms with Crippen molar-refractivity contribution >= 4 is 35.8 Å². The summed E-state index contributed by atoms with van der Waals surface area (Å²) in [5.41, 5.74) is 0.829. The Labute approximate surface area is 185 Å². The van der Waals surface area contributed by atoms with E-state index in [0.29, 0.717) is 5.96 Å². The molecule has 6 nitrogen and oxygen atoms in total. The maximum absolute atomic E-state index is 12.1. The van der Waals surface area contributed by atoms with E-state index in [4.69, 9.17) is 4.74 Å². The molecule has 1 aliphatic heterocycles. The number of carbonyl (C=O) groups is 1. The zero-order chi connectivity index (χ0) is 19.5. The van der Waals surface area contributed by atoms with Crippen LogP contribution in [0, 0.1) is 0 Å². The second-order valence-electron chi connectivity index (χ2n) is 8.65. The summed E-state index contributed by atoms with van der Waals surface area (Å²) in [7, 11) is 1.73. The minimum Gasteiger partial charge on any atom is -0.487 e. The first-order valence-electron chi connectivity index (χ1n) is 9.86. The fourth-order valence-corrected chi connectivity index (χ4v) is 4.06. The van der Waals surface area contributed by atoms with Gasteiger partial charge in [0.25, 0.3) is 0 Å². The molecule has 1 heterocycles. The van der Waals surface area contributed by atoms with Gasteiger partial charge in [0, 0.05) is 24.6 Å². The number of amides is 1. The van der Waals surface area contributed by atoms with Crippen LogP contribution in [0.3, 0.4) is 0 Å². The Morgan fingerprint density at radius 2 is 1.93 bits per heavy atom. The number of nitrogens with zero attached hydrogens (tertiary/aromatic N) is 1. The number of nitrogens with one attached hydrogen (secondary N) is 3. The Kier molecular flexibility index (Phi) is 7.59. The first-order valence-corrected chi connectivity index (χ1v) is 9.86. The normalized spacial score (nSPS) is 20.6. The van der Waals surface area contributed by atoms with Crippen molar-refractivity contribution in [2.45, 2.75) is 70.1 Å². The summed E-state index contributed by atoms with van der Waals surface area (Å²) in [6.45, 7) is 6.10. The highest BCUT2D eigenvalue weighted by Gasteiger charge is 2.43. The molecule has 1 aliphatic carbocycles. The predicted octanol–water partition coefficient (Wildman–Crippen LogP) is 3.52. The summed E-state index contributed by atoms with van der Waals surface area (Å²) in [6, 6.07) is 8.33. The fourth-order valence-electron chi connectivity index (χ4n) is 4.06. The van der Waals surface area contributed by atoms with Crippen molar-refractivity contribution in [1.29, 1.82) is 0 Å². The first-order chi connectivity index (χ1) is 12.8. The largest absolute Gasteiger partial charge is 0.487 e. The van der Waals surface area contributed by atoms with E-state index in [1.54, 1.807) is 7.05 Å². The molecule has 156 valence electrons. The lowest BCUT2D eigenvalue weighted by Gasteiger charge is -2.40. The van der Waals surface area contributed by atoms with Gasteiger partial charge in [-0.3, -0.25) is 9.79 Å². The van der Waals surface area contributed by atoms with E-state index in [2.05, 4.69) is 33.1 Å². The molecule has 0 aromatic heterocycles. The van der Waals surface area contributed by atoms with E-state index < -0.39 is 0 Å². The number of rotatable bonds is 3. The van der Waals surface area contributed by atoms with Crippen LogP contribution in [0.4, 0.5) is 0 Å². The van der Waals surface area contributed by atoms with Gasteiger partial charge in [-0.1, -0.05) is 18.2 Å². The average molecular weight is 500 g/mol. The first kappa shape index (κ1) is 22.8. The van der Waals surface area contributed by atoms with Crippen LogP contribution in [-0.4, -0.2) is 36.6 Å². The van der Waals surface area contributed by atoms with Crippen LogP contribution in [-0.2, 0) is 4.79 Å². The maximum Gasteiger partial charge on any atom is 0.239 e.